The molecule has 0 radical (unpaired) electrons. The van der Waals surface area contributed by atoms with Crippen molar-refractivity contribution in [2.45, 2.75) is 51.7 Å². The third-order valence-electron chi connectivity index (χ3n) is 2.06. The maximum atomic E-state index is 9.10. The second-order valence-electron chi connectivity index (χ2n) is 4.27. The van der Waals surface area contributed by atoms with Crippen molar-refractivity contribution in [3.8, 4) is 0 Å². The summed E-state index contributed by atoms with van der Waals surface area (Å²) in [6.07, 6.45) is 1.44. The summed E-state index contributed by atoms with van der Waals surface area (Å²) in [4.78, 5) is 0. The first-order valence-corrected chi connectivity index (χ1v) is 4.83. The quantitative estimate of drug-likeness (QED) is 0.500. The van der Waals surface area contributed by atoms with Crippen LogP contribution in [0.25, 0.3) is 0 Å². The van der Waals surface area contributed by atoms with Crippen molar-refractivity contribution < 1.29 is 20.4 Å². The molecule has 88 valence electrons. The second kappa shape index (κ2) is 7.17. The average Bonchev–Trinajstić information content (AvgIpc) is 1.98. The number of aliphatic hydroxyl groups excluding tert-OH is 2. The lowest BCUT2D eigenvalue weighted by molar-refractivity contribution is -0.107. The first-order valence-electron chi connectivity index (χ1n) is 4.83. The van der Waals surface area contributed by atoms with Crippen LogP contribution in [-0.4, -0.2) is 44.8 Å². The molecule has 0 aromatic carbocycles. The topological polar surface area (TPSA) is 80.9 Å². The monoisotopic (exact) mass is 208 g/mol. The average molecular weight is 208 g/mol. The molecule has 0 atom stereocenters. The fourth-order valence-electron chi connectivity index (χ4n) is 0.224. The highest BCUT2D eigenvalue weighted by atomic mass is 16.3. The molecule has 0 aromatic rings. The molecule has 4 heteroatoms. The molecule has 0 bridgehead atoms. The molecule has 4 N–H and O–H groups in total. The van der Waals surface area contributed by atoms with Gasteiger partial charge in [0.15, 0.2) is 0 Å². The van der Waals surface area contributed by atoms with Crippen molar-refractivity contribution in [3.63, 3.8) is 0 Å². The van der Waals surface area contributed by atoms with Crippen LogP contribution in [0.5, 0.6) is 0 Å². The maximum Gasteiger partial charge on any atom is 0.0872 e. The molecular formula is C10H24O4. The molecule has 0 saturated carbocycles. The molecule has 0 saturated heterocycles. The molecule has 0 aliphatic heterocycles. The summed E-state index contributed by atoms with van der Waals surface area (Å²) in [5.74, 6) is 0. The summed E-state index contributed by atoms with van der Waals surface area (Å²) in [6, 6.07) is 0. The molecule has 0 aliphatic carbocycles. The van der Waals surface area contributed by atoms with Gasteiger partial charge in [-0.3, -0.25) is 0 Å². The van der Waals surface area contributed by atoms with Crippen molar-refractivity contribution in [1.29, 1.82) is 0 Å². The Balaban J connectivity index is 0. The number of hydrogen-bond donors (Lipinski definition) is 4. The lowest BCUT2D eigenvalue weighted by Crippen LogP contribution is -2.44. The van der Waals surface area contributed by atoms with Gasteiger partial charge in [-0.1, -0.05) is 0 Å². The summed E-state index contributed by atoms with van der Waals surface area (Å²) in [7, 11) is 0. The van der Waals surface area contributed by atoms with Gasteiger partial charge >= 0.3 is 0 Å². The predicted molar refractivity (Wildman–Crippen MR) is 56.0 cm³/mol. The lowest BCUT2D eigenvalue weighted by Gasteiger charge is -2.31. The van der Waals surface area contributed by atoms with Gasteiger partial charge in [0.25, 0.3) is 0 Å². The van der Waals surface area contributed by atoms with Gasteiger partial charge < -0.3 is 20.4 Å². The fourth-order valence-corrected chi connectivity index (χ4v) is 0.224. The van der Waals surface area contributed by atoms with E-state index in [1.807, 2.05) is 0 Å². The molecule has 0 aromatic heterocycles. The Bertz CT molecular complexity index is 105. The zero-order valence-corrected chi connectivity index (χ0v) is 9.62. The van der Waals surface area contributed by atoms with Crippen LogP contribution in [0, 0.1) is 0 Å². The van der Waals surface area contributed by atoms with Crippen LogP contribution >= 0.6 is 0 Å². The molecule has 0 rings (SSSR count). The van der Waals surface area contributed by atoms with E-state index in [4.69, 9.17) is 20.4 Å². The van der Waals surface area contributed by atoms with Gasteiger partial charge in [-0.25, -0.2) is 0 Å². The van der Waals surface area contributed by atoms with Crippen molar-refractivity contribution in [2.24, 2.45) is 0 Å². The minimum absolute atomic E-state index is 0.195. The normalized spacial score (nSPS) is 12.0. The number of unbranched alkanes of at least 4 members (excludes halogenated alkanes) is 1. The van der Waals surface area contributed by atoms with Gasteiger partial charge in [0.2, 0.25) is 0 Å². The Morgan fingerprint density at radius 1 is 0.714 bits per heavy atom. The smallest absolute Gasteiger partial charge is 0.0872 e. The highest BCUT2D eigenvalue weighted by molar-refractivity contribution is 4.84. The van der Waals surface area contributed by atoms with E-state index in [1.54, 1.807) is 27.7 Å². The van der Waals surface area contributed by atoms with Gasteiger partial charge in [0.05, 0.1) is 11.2 Å². The summed E-state index contributed by atoms with van der Waals surface area (Å²) < 4.78 is 0. The Kier molecular flexibility index (Phi) is 8.34. The first kappa shape index (κ1) is 16.3. The third kappa shape index (κ3) is 9.92. The molecule has 0 amide bonds. The third-order valence-corrected chi connectivity index (χ3v) is 2.06. The van der Waals surface area contributed by atoms with E-state index in [1.165, 1.54) is 0 Å². The van der Waals surface area contributed by atoms with E-state index in [2.05, 4.69) is 0 Å². The van der Waals surface area contributed by atoms with Crippen LogP contribution in [0.1, 0.15) is 40.5 Å². The minimum atomic E-state index is -1.01. The van der Waals surface area contributed by atoms with Crippen LogP contribution in [-0.2, 0) is 0 Å². The van der Waals surface area contributed by atoms with Crippen LogP contribution in [0.4, 0.5) is 0 Å². The zero-order valence-electron chi connectivity index (χ0n) is 9.62. The molecule has 14 heavy (non-hydrogen) atoms. The van der Waals surface area contributed by atoms with E-state index < -0.39 is 11.2 Å². The van der Waals surface area contributed by atoms with Gasteiger partial charge in [0.1, 0.15) is 0 Å². The Morgan fingerprint density at radius 3 is 1.00 bits per heavy atom. The SMILES string of the molecule is CC(C)(O)C(C)(C)O.OCCCCO. The highest BCUT2D eigenvalue weighted by Crippen LogP contribution is 2.19. The van der Waals surface area contributed by atoms with E-state index in [0.717, 1.165) is 12.8 Å². The van der Waals surface area contributed by atoms with E-state index in [0.29, 0.717) is 0 Å². The molecule has 0 spiro atoms. The molecule has 0 heterocycles. The summed E-state index contributed by atoms with van der Waals surface area (Å²) in [6.45, 7) is 6.70. The maximum absolute atomic E-state index is 9.10. The molecule has 4 nitrogen and oxygen atoms in total. The van der Waals surface area contributed by atoms with Crippen LogP contribution in [0.15, 0.2) is 0 Å². The standard InChI is InChI=1S/C6H14O2.C4H10O2/c1-5(2,7)6(3,4)8;5-3-1-2-4-6/h7-8H,1-4H3;5-6H,1-4H2. The minimum Gasteiger partial charge on any atom is -0.396 e. The number of rotatable bonds is 4. The van der Waals surface area contributed by atoms with Crippen molar-refractivity contribution >= 4 is 0 Å². The van der Waals surface area contributed by atoms with Crippen molar-refractivity contribution in [1.82, 2.24) is 0 Å². The van der Waals surface area contributed by atoms with Gasteiger partial charge in [-0.2, -0.15) is 0 Å². The lowest BCUT2D eigenvalue weighted by atomic mass is 9.90. The van der Waals surface area contributed by atoms with Gasteiger partial charge in [-0.15, -0.1) is 0 Å². The molecule has 0 aliphatic rings. The number of aliphatic hydroxyl groups is 4. The summed E-state index contributed by atoms with van der Waals surface area (Å²) >= 11 is 0. The Labute approximate surface area is 86.2 Å². The van der Waals surface area contributed by atoms with E-state index in [-0.39, 0.29) is 13.2 Å². The summed E-state index contributed by atoms with van der Waals surface area (Å²) in [5, 5.41) is 34.4. The molecular weight excluding hydrogens is 184 g/mol. The Morgan fingerprint density at radius 2 is 0.929 bits per heavy atom. The largest absolute Gasteiger partial charge is 0.396 e. The molecule has 0 fully saturated rings. The van der Waals surface area contributed by atoms with Crippen LogP contribution < -0.4 is 0 Å². The first-order chi connectivity index (χ1) is 6.16. The van der Waals surface area contributed by atoms with Crippen molar-refractivity contribution in [2.75, 3.05) is 13.2 Å². The summed E-state index contributed by atoms with van der Waals surface area (Å²) in [5.41, 5.74) is -2.01. The van der Waals surface area contributed by atoms with Crippen molar-refractivity contribution in [3.05, 3.63) is 0 Å². The Hall–Kier alpha value is -0.160. The highest BCUT2D eigenvalue weighted by Gasteiger charge is 2.31. The van der Waals surface area contributed by atoms with Gasteiger partial charge in [-0.05, 0) is 40.5 Å². The molecule has 0 unspecified atom stereocenters. The second-order valence-corrected chi connectivity index (χ2v) is 4.27. The van der Waals surface area contributed by atoms with Gasteiger partial charge in [0, 0.05) is 13.2 Å². The zero-order chi connectivity index (χ0) is 11.8. The van der Waals surface area contributed by atoms with E-state index in [9.17, 15) is 0 Å². The fraction of sp³-hybridized carbons (Fsp3) is 1.00. The predicted octanol–water partition coefficient (Wildman–Crippen LogP) is 0.279. The number of hydrogen-bond acceptors (Lipinski definition) is 4. The van der Waals surface area contributed by atoms with Crippen LogP contribution in [0.2, 0.25) is 0 Å². The van der Waals surface area contributed by atoms with Crippen LogP contribution in [0.3, 0.4) is 0 Å². The van der Waals surface area contributed by atoms with E-state index >= 15 is 0 Å².